The molecule has 1 aliphatic rings. The van der Waals surface area contributed by atoms with Crippen LogP contribution in [0, 0.1) is 6.92 Å². The minimum atomic E-state index is -4.05. The molecule has 0 aromatic heterocycles. The number of hydrogen-bond donors (Lipinski definition) is 1. The molecule has 0 saturated carbocycles. The van der Waals surface area contributed by atoms with Crippen molar-refractivity contribution in [2.45, 2.75) is 31.5 Å². The van der Waals surface area contributed by atoms with Crippen molar-refractivity contribution in [2.75, 3.05) is 35.3 Å². The first-order chi connectivity index (χ1) is 23.2. The first-order valence-corrected chi connectivity index (χ1v) is 17.0. The maximum atomic E-state index is 14.7. The summed E-state index contributed by atoms with van der Waals surface area (Å²) in [5, 5.41) is 0. The Balaban J connectivity index is 1.50. The maximum Gasteiger partial charge on any atom is 0.262 e. The molecule has 48 heavy (non-hydrogen) atoms. The predicted octanol–water partition coefficient (Wildman–Crippen LogP) is 7.58. The smallest absolute Gasteiger partial charge is 0.262 e. The zero-order valence-electron chi connectivity index (χ0n) is 27.2. The monoisotopic (exact) mass is 663 g/mol. The fraction of sp³-hybridized carbons (Fsp3) is 0.184. The van der Waals surface area contributed by atoms with E-state index >= 15 is 0 Å². The van der Waals surface area contributed by atoms with Gasteiger partial charge in [0.1, 0.15) is 11.9 Å². The van der Waals surface area contributed by atoms with Gasteiger partial charge in [-0.25, -0.2) is 8.42 Å². The lowest BCUT2D eigenvalue weighted by atomic mass is 9.98. The van der Waals surface area contributed by atoms with Crippen molar-refractivity contribution in [2.24, 2.45) is 0 Å². The number of anilines is 3. The Labute approximate surface area is 281 Å². The van der Waals surface area contributed by atoms with Crippen LogP contribution in [0.15, 0.2) is 120 Å². The van der Waals surface area contributed by atoms with Crippen LogP contribution >= 0.6 is 0 Å². The molecule has 1 heterocycles. The summed E-state index contributed by atoms with van der Waals surface area (Å²) in [6.45, 7) is 4.80. The van der Waals surface area contributed by atoms with Crippen LogP contribution in [0.5, 0.6) is 17.2 Å². The lowest BCUT2D eigenvalue weighted by Gasteiger charge is -2.46. The Morgan fingerprint density at radius 3 is 2.17 bits per heavy atom. The summed E-state index contributed by atoms with van der Waals surface area (Å²) in [5.74, 6) is 1.39. The van der Waals surface area contributed by atoms with Gasteiger partial charge in [-0.1, -0.05) is 54.1 Å². The van der Waals surface area contributed by atoms with Gasteiger partial charge in [0.05, 0.1) is 37.0 Å². The molecular weight excluding hydrogens is 627 g/mol. The Hall–Kier alpha value is -5.48. The third kappa shape index (κ3) is 6.52. The highest BCUT2D eigenvalue weighted by atomic mass is 32.2. The van der Waals surface area contributed by atoms with Crippen molar-refractivity contribution in [3.8, 4) is 17.2 Å². The molecule has 0 aliphatic carbocycles. The van der Waals surface area contributed by atoms with E-state index in [2.05, 4.69) is 9.62 Å². The van der Waals surface area contributed by atoms with Gasteiger partial charge in [0, 0.05) is 17.9 Å². The fourth-order valence-corrected chi connectivity index (χ4v) is 6.96. The second-order valence-corrected chi connectivity index (χ2v) is 13.0. The zero-order chi connectivity index (χ0) is 33.8. The van der Waals surface area contributed by atoms with E-state index < -0.39 is 16.2 Å². The average molecular weight is 664 g/mol. The van der Waals surface area contributed by atoms with Crippen molar-refractivity contribution in [3.05, 3.63) is 138 Å². The number of nitrogens with zero attached hydrogens (tertiary/aromatic N) is 2. The van der Waals surface area contributed by atoms with Gasteiger partial charge in [-0.2, -0.15) is 0 Å². The third-order valence-electron chi connectivity index (χ3n) is 8.21. The first-order valence-electron chi connectivity index (χ1n) is 15.5. The van der Waals surface area contributed by atoms with Crippen molar-refractivity contribution in [1.29, 1.82) is 0 Å². The molecule has 0 unspecified atom stereocenters. The summed E-state index contributed by atoms with van der Waals surface area (Å²) in [6.07, 6.45) is -0.614. The summed E-state index contributed by atoms with van der Waals surface area (Å²) < 4.78 is 46.7. The molecule has 1 N–H and O–H groups in total. The highest BCUT2D eigenvalue weighted by Crippen LogP contribution is 2.44. The van der Waals surface area contributed by atoms with E-state index in [1.807, 2.05) is 86.6 Å². The van der Waals surface area contributed by atoms with Crippen LogP contribution in [-0.4, -0.2) is 35.2 Å². The number of carbonyl (C=O) groups is 1. The number of amides is 1. The minimum Gasteiger partial charge on any atom is -0.494 e. The molecule has 9 nitrogen and oxygen atoms in total. The number of nitrogens with one attached hydrogen (secondary N) is 1. The molecule has 1 aliphatic heterocycles. The number of hydrogen-bond acceptors (Lipinski definition) is 7. The van der Waals surface area contributed by atoms with Crippen molar-refractivity contribution in [1.82, 2.24) is 0 Å². The maximum absolute atomic E-state index is 14.7. The van der Waals surface area contributed by atoms with E-state index in [9.17, 15) is 13.2 Å². The van der Waals surface area contributed by atoms with Crippen LogP contribution in [0.1, 0.15) is 40.1 Å². The molecular formula is C38H37N3O6S. The number of ether oxygens (including phenoxy) is 3. The number of carbonyl (C=O) groups excluding carboxylic acids is 1. The van der Waals surface area contributed by atoms with E-state index in [0.29, 0.717) is 47.5 Å². The summed E-state index contributed by atoms with van der Waals surface area (Å²) >= 11 is 0. The van der Waals surface area contributed by atoms with Crippen LogP contribution in [-0.2, 0) is 16.6 Å². The summed E-state index contributed by atoms with van der Waals surface area (Å²) in [6, 6.07) is 34.7. The molecule has 0 saturated heterocycles. The second kappa shape index (κ2) is 13.7. The number of benzene rings is 5. The summed E-state index contributed by atoms with van der Waals surface area (Å²) in [5.41, 5.74) is 4.75. The standard InChI is InChI=1S/C38H37N3O6S/c1-5-47-31-18-14-29(15-19-31)39-48(43,44)32-20-21-34-33(24-32)38(42)41(30-16-11-26(2)12-17-30)37(40(34)25-27-9-7-6-8-10-27)28-13-22-35(45-3)36(23-28)46-4/h6-24,37,39H,5,25H2,1-4H3/t37-/m0/s1. The van der Waals surface area contributed by atoms with Gasteiger partial charge in [0.15, 0.2) is 11.5 Å². The Bertz CT molecular complexity index is 2020. The second-order valence-electron chi connectivity index (χ2n) is 11.4. The van der Waals surface area contributed by atoms with E-state index in [0.717, 1.165) is 16.7 Å². The van der Waals surface area contributed by atoms with Crippen molar-refractivity contribution >= 4 is 33.0 Å². The van der Waals surface area contributed by atoms with Gasteiger partial charge in [-0.05, 0) is 91.7 Å². The van der Waals surface area contributed by atoms with Crippen LogP contribution in [0.3, 0.4) is 0 Å². The third-order valence-corrected chi connectivity index (χ3v) is 9.59. The Kier molecular flexibility index (Phi) is 9.27. The first kappa shape index (κ1) is 32.5. The van der Waals surface area contributed by atoms with Crippen LogP contribution < -0.4 is 28.7 Å². The van der Waals surface area contributed by atoms with Gasteiger partial charge in [-0.15, -0.1) is 0 Å². The van der Waals surface area contributed by atoms with E-state index in [-0.39, 0.29) is 16.4 Å². The molecule has 5 aromatic carbocycles. The molecule has 246 valence electrons. The summed E-state index contributed by atoms with van der Waals surface area (Å²) in [7, 11) is -0.899. The average Bonchev–Trinajstić information content (AvgIpc) is 3.10. The van der Waals surface area contributed by atoms with Gasteiger partial charge >= 0.3 is 0 Å². The molecule has 0 fully saturated rings. The topological polar surface area (TPSA) is 97.4 Å². The minimum absolute atomic E-state index is 0.0310. The number of sulfonamides is 1. The lowest BCUT2D eigenvalue weighted by Crippen LogP contribution is -2.49. The van der Waals surface area contributed by atoms with Gasteiger partial charge in [0.25, 0.3) is 15.9 Å². The Morgan fingerprint density at radius 1 is 0.792 bits per heavy atom. The highest BCUT2D eigenvalue weighted by Gasteiger charge is 2.40. The molecule has 6 rings (SSSR count). The van der Waals surface area contributed by atoms with Gasteiger partial charge in [0.2, 0.25) is 0 Å². The SMILES string of the molecule is CCOc1ccc(NS(=O)(=O)c2ccc3c(c2)C(=O)N(c2ccc(C)cc2)[C@@H](c2ccc(OC)c(OC)c2)N3Cc2ccccc2)cc1. The molecule has 5 aromatic rings. The summed E-state index contributed by atoms with van der Waals surface area (Å²) in [4.78, 5) is 18.5. The number of methoxy groups -OCH3 is 2. The number of rotatable bonds is 11. The molecule has 1 amide bonds. The normalized spacial score (nSPS) is 14.3. The fourth-order valence-electron chi connectivity index (χ4n) is 5.87. The molecule has 0 radical (unpaired) electrons. The number of fused-ring (bicyclic) bond motifs is 1. The van der Waals surface area contributed by atoms with Crippen LogP contribution in [0.25, 0.3) is 0 Å². The molecule has 0 spiro atoms. The van der Waals surface area contributed by atoms with Gasteiger partial charge in [-0.3, -0.25) is 14.4 Å². The van der Waals surface area contributed by atoms with E-state index in [1.165, 1.54) is 12.1 Å². The van der Waals surface area contributed by atoms with Crippen molar-refractivity contribution < 1.29 is 27.4 Å². The quantitative estimate of drug-likeness (QED) is 0.156. The largest absolute Gasteiger partial charge is 0.494 e. The van der Waals surface area contributed by atoms with Crippen LogP contribution in [0.2, 0.25) is 0 Å². The van der Waals surface area contributed by atoms with Gasteiger partial charge < -0.3 is 19.1 Å². The Morgan fingerprint density at radius 2 is 1.50 bits per heavy atom. The van der Waals surface area contributed by atoms with E-state index in [4.69, 9.17) is 14.2 Å². The molecule has 10 heteroatoms. The van der Waals surface area contributed by atoms with Crippen molar-refractivity contribution in [3.63, 3.8) is 0 Å². The predicted molar refractivity (Wildman–Crippen MR) is 188 cm³/mol. The number of aryl methyl sites for hydroxylation is 1. The highest BCUT2D eigenvalue weighted by molar-refractivity contribution is 7.92. The molecule has 1 atom stereocenters. The molecule has 0 bridgehead atoms. The zero-order valence-corrected chi connectivity index (χ0v) is 28.0. The lowest BCUT2D eigenvalue weighted by molar-refractivity contribution is 0.0968. The van der Waals surface area contributed by atoms with Crippen LogP contribution in [0.4, 0.5) is 17.1 Å². The van der Waals surface area contributed by atoms with E-state index in [1.54, 1.807) is 49.5 Å².